The summed E-state index contributed by atoms with van der Waals surface area (Å²) in [4.78, 5) is 3.55. The number of rotatable bonds is 2. The van der Waals surface area contributed by atoms with Crippen LogP contribution in [0.4, 0.5) is 4.39 Å². The van der Waals surface area contributed by atoms with Crippen molar-refractivity contribution in [1.29, 1.82) is 0 Å². The molecule has 0 saturated carbocycles. The second kappa shape index (κ2) is 3.60. The number of halogens is 1. The van der Waals surface area contributed by atoms with E-state index in [-0.39, 0.29) is 6.54 Å². The van der Waals surface area contributed by atoms with Gasteiger partial charge in [0.15, 0.2) is 0 Å². The minimum atomic E-state index is -0.529. The fraction of sp³-hybridized carbons (Fsp3) is 0.375. The Labute approximate surface area is 70.6 Å². The maximum atomic E-state index is 13.0. The molecule has 1 aromatic rings. The van der Waals surface area contributed by atoms with Gasteiger partial charge in [-0.1, -0.05) is 0 Å². The third kappa shape index (κ3) is 1.78. The number of nitrogens with zero attached hydrogens (tertiary/aromatic N) is 1. The van der Waals surface area contributed by atoms with Crippen LogP contribution in [-0.4, -0.2) is 11.5 Å². The number of hydrogen-bond donors (Lipinski definition) is 2. The highest BCUT2D eigenvalue weighted by Gasteiger charge is 2.10. The van der Waals surface area contributed by atoms with Crippen molar-refractivity contribution < 1.29 is 4.39 Å². The van der Waals surface area contributed by atoms with E-state index in [1.165, 1.54) is 6.20 Å². The van der Waals surface area contributed by atoms with E-state index in [0.29, 0.717) is 5.56 Å². The summed E-state index contributed by atoms with van der Waals surface area (Å²) in [6, 6.07) is 1.21. The summed E-state index contributed by atoms with van der Waals surface area (Å²) < 4.78 is 13.0. The highest BCUT2D eigenvalue weighted by molar-refractivity contribution is 5.21. The highest BCUT2D eigenvalue weighted by atomic mass is 19.1. The predicted molar refractivity (Wildman–Crippen MR) is 44.9 cm³/mol. The fourth-order valence-corrected chi connectivity index (χ4v) is 0.962. The molecule has 0 unspecified atom stereocenters. The summed E-state index contributed by atoms with van der Waals surface area (Å²) in [5, 5.41) is 0. The van der Waals surface area contributed by atoms with E-state index in [4.69, 9.17) is 11.5 Å². The van der Waals surface area contributed by atoms with Crippen LogP contribution in [-0.2, 0) is 0 Å². The predicted octanol–water partition coefficient (Wildman–Crippen LogP) is 0.488. The van der Waals surface area contributed by atoms with Crippen molar-refractivity contribution in [3.05, 3.63) is 29.3 Å². The van der Waals surface area contributed by atoms with Crippen molar-refractivity contribution in [2.45, 2.75) is 13.0 Å². The quantitative estimate of drug-likeness (QED) is 0.633. The van der Waals surface area contributed by atoms with Gasteiger partial charge in [-0.25, -0.2) is 4.98 Å². The van der Waals surface area contributed by atoms with Crippen molar-refractivity contribution in [3.63, 3.8) is 0 Å². The minimum Gasteiger partial charge on any atom is -0.329 e. The van der Waals surface area contributed by atoms with E-state index in [1.807, 2.05) is 6.92 Å². The van der Waals surface area contributed by atoms with Gasteiger partial charge in [0.2, 0.25) is 5.95 Å². The van der Waals surface area contributed by atoms with Crippen molar-refractivity contribution in [3.8, 4) is 0 Å². The molecule has 0 saturated heterocycles. The lowest BCUT2D eigenvalue weighted by Crippen LogP contribution is -2.22. The van der Waals surface area contributed by atoms with Gasteiger partial charge in [-0.3, -0.25) is 0 Å². The summed E-state index contributed by atoms with van der Waals surface area (Å²) in [7, 11) is 0. The van der Waals surface area contributed by atoms with Crippen LogP contribution in [0.25, 0.3) is 0 Å². The monoisotopic (exact) mass is 169 g/mol. The van der Waals surface area contributed by atoms with Gasteiger partial charge in [-0.05, 0) is 18.6 Å². The van der Waals surface area contributed by atoms with Gasteiger partial charge in [0.25, 0.3) is 0 Å². The molecule has 0 aliphatic carbocycles. The largest absolute Gasteiger partial charge is 0.329 e. The lowest BCUT2D eigenvalue weighted by Gasteiger charge is -2.09. The Bertz CT molecular complexity index is 275. The maximum Gasteiger partial charge on any atom is 0.217 e. The van der Waals surface area contributed by atoms with Gasteiger partial charge >= 0.3 is 0 Å². The average molecular weight is 169 g/mol. The molecule has 4 heteroatoms. The molecule has 0 radical (unpaired) electrons. The van der Waals surface area contributed by atoms with Gasteiger partial charge in [0.1, 0.15) is 0 Å². The Hall–Kier alpha value is -1.00. The summed E-state index contributed by atoms with van der Waals surface area (Å²) in [5.74, 6) is -0.529. The van der Waals surface area contributed by atoms with Crippen LogP contribution in [0.3, 0.4) is 0 Å². The van der Waals surface area contributed by atoms with E-state index in [2.05, 4.69) is 4.98 Å². The minimum absolute atomic E-state index is 0.224. The van der Waals surface area contributed by atoms with Gasteiger partial charge in [0, 0.05) is 24.3 Å². The molecule has 0 aliphatic rings. The molecular formula is C8H12FN3. The zero-order chi connectivity index (χ0) is 9.14. The van der Waals surface area contributed by atoms with E-state index in [1.54, 1.807) is 6.07 Å². The Morgan fingerprint density at radius 2 is 2.33 bits per heavy atom. The van der Waals surface area contributed by atoms with E-state index in [0.717, 1.165) is 5.56 Å². The Morgan fingerprint density at radius 3 is 2.92 bits per heavy atom. The zero-order valence-electron chi connectivity index (χ0n) is 6.92. The summed E-state index contributed by atoms with van der Waals surface area (Å²) in [6.07, 6.45) is 1.46. The SMILES string of the molecule is Cc1cnc(F)c([C@@H](N)CN)c1. The van der Waals surface area contributed by atoms with Crippen LogP contribution >= 0.6 is 0 Å². The van der Waals surface area contributed by atoms with Crippen LogP contribution in [0.15, 0.2) is 12.3 Å². The van der Waals surface area contributed by atoms with Gasteiger partial charge in [-0.15, -0.1) is 0 Å². The van der Waals surface area contributed by atoms with E-state index < -0.39 is 12.0 Å². The molecule has 12 heavy (non-hydrogen) atoms. The first-order valence-corrected chi connectivity index (χ1v) is 3.73. The van der Waals surface area contributed by atoms with Crippen LogP contribution in [0.5, 0.6) is 0 Å². The van der Waals surface area contributed by atoms with E-state index in [9.17, 15) is 4.39 Å². The van der Waals surface area contributed by atoms with Crippen LogP contribution < -0.4 is 11.5 Å². The number of aryl methyl sites for hydroxylation is 1. The Balaban J connectivity index is 3.04. The fourth-order valence-electron chi connectivity index (χ4n) is 0.962. The van der Waals surface area contributed by atoms with Gasteiger partial charge < -0.3 is 11.5 Å². The van der Waals surface area contributed by atoms with Crippen LogP contribution in [0, 0.1) is 12.9 Å². The number of pyridine rings is 1. The van der Waals surface area contributed by atoms with Crippen molar-refractivity contribution >= 4 is 0 Å². The topological polar surface area (TPSA) is 64.9 Å². The molecule has 0 bridgehead atoms. The average Bonchev–Trinajstić information content (AvgIpc) is 2.08. The summed E-state index contributed by atoms with van der Waals surface area (Å²) in [6.45, 7) is 2.06. The number of aromatic nitrogens is 1. The molecule has 0 fully saturated rings. The Kier molecular flexibility index (Phi) is 2.73. The highest BCUT2D eigenvalue weighted by Crippen LogP contribution is 2.13. The first kappa shape index (κ1) is 9.09. The lowest BCUT2D eigenvalue weighted by atomic mass is 10.1. The third-order valence-corrected chi connectivity index (χ3v) is 1.66. The smallest absolute Gasteiger partial charge is 0.217 e. The molecule has 0 aliphatic heterocycles. The first-order chi connectivity index (χ1) is 5.65. The second-order valence-corrected chi connectivity index (χ2v) is 2.73. The molecule has 0 spiro atoms. The molecule has 66 valence electrons. The van der Waals surface area contributed by atoms with Crippen molar-refractivity contribution in [2.75, 3.05) is 6.54 Å². The maximum absolute atomic E-state index is 13.0. The normalized spacial score (nSPS) is 13.0. The zero-order valence-corrected chi connectivity index (χ0v) is 6.92. The Morgan fingerprint density at radius 1 is 1.67 bits per heavy atom. The summed E-state index contributed by atoms with van der Waals surface area (Å²) in [5.41, 5.74) is 12.1. The van der Waals surface area contributed by atoms with Gasteiger partial charge in [-0.2, -0.15) is 4.39 Å². The molecular weight excluding hydrogens is 157 g/mol. The summed E-state index contributed by atoms with van der Waals surface area (Å²) >= 11 is 0. The molecule has 1 heterocycles. The molecule has 4 N–H and O–H groups in total. The molecule has 1 aromatic heterocycles. The second-order valence-electron chi connectivity index (χ2n) is 2.73. The number of nitrogens with two attached hydrogens (primary N) is 2. The van der Waals surface area contributed by atoms with Crippen LogP contribution in [0.2, 0.25) is 0 Å². The molecule has 1 rings (SSSR count). The van der Waals surface area contributed by atoms with Crippen LogP contribution in [0.1, 0.15) is 17.2 Å². The van der Waals surface area contributed by atoms with E-state index >= 15 is 0 Å². The third-order valence-electron chi connectivity index (χ3n) is 1.66. The number of hydrogen-bond acceptors (Lipinski definition) is 3. The molecule has 1 atom stereocenters. The van der Waals surface area contributed by atoms with Crippen molar-refractivity contribution in [1.82, 2.24) is 4.98 Å². The lowest BCUT2D eigenvalue weighted by molar-refractivity contribution is 0.545. The molecule has 0 aromatic carbocycles. The standard InChI is InChI=1S/C8H12FN3/c1-5-2-6(7(11)3-10)8(9)12-4-5/h2,4,7H,3,10-11H2,1H3/t7-/m0/s1. The van der Waals surface area contributed by atoms with Crippen molar-refractivity contribution in [2.24, 2.45) is 11.5 Å². The molecule has 3 nitrogen and oxygen atoms in total. The first-order valence-electron chi connectivity index (χ1n) is 3.73. The molecule has 0 amide bonds. The van der Waals surface area contributed by atoms with Gasteiger partial charge in [0.05, 0.1) is 0 Å².